The number of piperidine rings is 1. The third-order valence-corrected chi connectivity index (χ3v) is 4.14. The summed E-state index contributed by atoms with van der Waals surface area (Å²) in [4.78, 5) is 14.4. The van der Waals surface area contributed by atoms with Gasteiger partial charge in [-0.05, 0) is 56.9 Å². The average molecular weight is 278 g/mol. The third-order valence-electron chi connectivity index (χ3n) is 4.14. The van der Waals surface area contributed by atoms with Crippen LogP contribution in [0, 0.1) is 18.7 Å². The number of hydrogen-bond donors (Lipinski definition) is 1. The van der Waals surface area contributed by atoms with Gasteiger partial charge in [-0.1, -0.05) is 19.1 Å². The quantitative estimate of drug-likeness (QED) is 0.918. The Kier molecular flexibility index (Phi) is 5.12. The molecule has 0 unspecified atom stereocenters. The lowest BCUT2D eigenvalue weighted by atomic mass is 9.96. The topological polar surface area (TPSA) is 32.3 Å². The molecule has 20 heavy (non-hydrogen) atoms. The van der Waals surface area contributed by atoms with Gasteiger partial charge in [-0.15, -0.1) is 0 Å². The monoisotopic (exact) mass is 278 g/mol. The van der Waals surface area contributed by atoms with Crippen LogP contribution in [0.1, 0.15) is 35.7 Å². The Hall–Kier alpha value is -1.42. The highest BCUT2D eigenvalue weighted by molar-refractivity contribution is 5.94. The maximum Gasteiger partial charge on any atom is 0.254 e. The SMILES string of the molecule is CCN1CCC(CNC(=O)c2cccc(C)c2F)CC1. The highest BCUT2D eigenvalue weighted by Crippen LogP contribution is 2.16. The fourth-order valence-electron chi connectivity index (χ4n) is 2.66. The van der Waals surface area contributed by atoms with Gasteiger partial charge < -0.3 is 10.2 Å². The summed E-state index contributed by atoms with van der Waals surface area (Å²) in [6.45, 7) is 7.76. The largest absolute Gasteiger partial charge is 0.352 e. The molecule has 0 radical (unpaired) electrons. The molecule has 0 saturated carbocycles. The number of rotatable bonds is 4. The summed E-state index contributed by atoms with van der Waals surface area (Å²) in [5.74, 6) is -0.204. The van der Waals surface area contributed by atoms with Crippen molar-refractivity contribution in [3.63, 3.8) is 0 Å². The highest BCUT2D eigenvalue weighted by atomic mass is 19.1. The van der Waals surface area contributed by atoms with Crippen molar-refractivity contribution in [1.29, 1.82) is 0 Å². The minimum atomic E-state index is -0.411. The van der Waals surface area contributed by atoms with Crippen molar-refractivity contribution in [1.82, 2.24) is 10.2 Å². The molecule has 1 fully saturated rings. The number of benzene rings is 1. The van der Waals surface area contributed by atoms with Crippen molar-refractivity contribution in [3.8, 4) is 0 Å². The van der Waals surface area contributed by atoms with Crippen LogP contribution in [0.3, 0.4) is 0 Å². The molecular weight excluding hydrogens is 255 g/mol. The van der Waals surface area contributed by atoms with E-state index in [1.165, 1.54) is 6.07 Å². The number of carbonyl (C=O) groups excluding carboxylic acids is 1. The van der Waals surface area contributed by atoms with Crippen LogP contribution >= 0.6 is 0 Å². The number of halogens is 1. The second kappa shape index (κ2) is 6.84. The van der Waals surface area contributed by atoms with E-state index in [4.69, 9.17) is 0 Å². The molecular formula is C16H23FN2O. The van der Waals surface area contributed by atoms with Crippen LogP contribution < -0.4 is 5.32 Å². The minimum Gasteiger partial charge on any atom is -0.352 e. The first kappa shape index (κ1) is 15.0. The summed E-state index contributed by atoms with van der Waals surface area (Å²) < 4.78 is 13.8. The van der Waals surface area contributed by atoms with Gasteiger partial charge in [-0.25, -0.2) is 4.39 Å². The van der Waals surface area contributed by atoms with Gasteiger partial charge in [0.1, 0.15) is 5.82 Å². The van der Waals surface area contributed by atoms with Gasteiger partial charge in [0, 0.05) is 6.54 Å². The number of amides is 1. The van der Waals surface area contributed by atoms with Gasteiger partial charge in [0.15, 0.2) is 0 Å². The molecule has 1 heterocycles. The van der Waals surface area contributed by atoms with Crippen molar-refractivity contribution >= 4 is 5.91 Å². The summed E-state index contributed by atoms with van der Waals surface area (Å²) in [6, 6.07) is 4.93. The molecule has 110 valence electrons. The molecule has 1 amide bonds. The number of carbonyl (C=O) groups is 1. The number of nitrogens with zero attached hydrogens (tertiary/aromatic N) is 1. The minimum absolute atomic E-state index is 0.149. The van der Waals surface area contributed by atoms with Crippen molar-refractivity contribution in [2.75, 3.05) is 26.2 Å². The third kappa shape index (κ3) is 3.57. The Morgan fingerprint density at radius 3 is 2.75 bits per heavy atom. The van der Waals surface area contributed by atoms with Crippen molar-refractivity contribution in [2.24, 2.45) is 5.92 Å². The van der Waals surface area contributed by atoms with E-state index in [2.05, 4.69) is 17.1 Å². The molecule has 0 atom stereocenters. The molecule has 1 N–H and O–H groups in total. The Morgan fingerprint density at radius 1 is 1.40 bits per heavy atom. The maximum absolute atomic E-state index is 13.8. The van der Waals surface area contributed by atoms with Gasteiger partial charge in [-0.3, -0.25) is 4.79 Å². The Bertz CT molecular complexity index is 468. The number of nitrogens with one attached hydrogen (secondary N) is 1. The van der Waals surface area contributed by atoms with E-state index in [0.29, 0.717) is 18.0 Å². The molecule has 4 heteroatoms. The van der Waals surface area contributed by atoms with Gasteiger partial charge in [-0.2, -0.15) is 0 Å². The molecule has 0 aromatic heterocycles. The van der Waals surface area contributed by atoms with E-state index in [-0.39, 0.29) is 11.5 Å². The average Bonchev–Trinajstić information content (AvgIpc) is 2.48. The van der Waals surface area contributed by atoms with E-state index in [1.54, 1.807) is 19.1 Å². The van der Waals surface area contributed by atoms with E-state index in [1.807, 2.05) is 0 Å². The predicted molar refractivity (Wildman–Crippen MR) is 78.3 cm³/mol. The van der Waals surface area contributed by atoms with Crippen LogP contribution in [0.25, 0.3) is 0 Å². The second-order valence-electron chi connectivity index (χ2n) is 5.52. The van der Waals surface area contributed by atoms with Crippen LogP contribution in [0.2, 0.25) is 0 Å². The highest BCUT2D eigenvalue weighted by Gasteiger charge is 2.19. The molecule has 1 aromatic carbocycles. The van der Waals surface area contributed by atoms with Crippen LogP contribution in [0.5, 0.6) is 0 Å². The summed E-state index contributed by atoms with van der Waals surface area (Å²) in [5.41, 5.74) is 0.657. The molecule has 0 aliphatic carbocycles. The molecule has 2 rings (SSSR count). The summed E-state index contributed by atoms with van der Waals surface area (Å²) in [6.07, 6.45) is 2.20. The van der Waals surface area contributed by atoms with Crippen molar-refractivity contribution in [3.05, 3.63) is 35.1 Å². The van der Waals surface area contributed by atoms with E-state index < -0.39 is 5.82 Å². The summed E-state index contributed by atoms with van der Waals surface area (Å²) in [5, 5.41) is 2.87. The lowest BCUT2D eigenvalue weighted by Crippen LogP contribution is -2.38. The van der Waals surface area contributed by atoms with Crippen LogP contribution in [0.15, 0.2) is 18.2 Å². The zero-order chi connectivity index (χ0) is 14.5. The van der Waals surface area contributed by atoms with Crippen LogP contribution in [0.4, 0.5) is 4.39 Å². The van der Waals surface area contributed by atoms with Gasteiger partial charge >= 0.3 is 0 Å². The van der Waals surface area contributed by atoms with Crippen LogP contribution in [-0.2, 0) is 0 Å². The molecule has 0 bridgehead atoms. The summed E-state index contributed by atoms with van der Waals surface area (Å²) >= 11 is 0. The first-order valence-corrected chi connectivity index (χ1v) is 7.37. The molecule has 1 aliphatic heterocycles. The normalized spacial score (nSPS) is 17.1. The van der Waals surface area contributed by atoms with Crippen molar-refractivity contribution < 1.29 is 9.18 Å². The zero-order valence-electron chi connectivity index (χ0n) is 12.3. The Morgan fingerprint density at radius 2 is 2.10 bits per heavy atom. The fourth-order valence-corrected chi connectivity index (χ4v) is 2.66. The van der Waals surface area contributed by atoms with Gasteiger partial charge in [0.2, 0.25) is 0 Å². The Balaban J connectivity index is 1.85. The fraction of sp³-hybridized carbons (Fsp3) is 0.562. The van der Waals surface area contributed by atoms with Gasteiger partial charge in [0.05, 0.1) is 5.56 Å². The first-order valence-electron chi connectivity index (χ1n) is 7.37. The number of aryl methyl sites for hydroxylation is 1. The lowest BCUT2D eigenvalue weighted by Gasteiger charge is -2.31. The molecule has 0 spiro atoms. The first-order chi connectivity index (χ1) is 9.61. The molecule has 1 aromatic rings. The van der Waals surface area contributed by atoms with E-state index in [0.717, 1.165) is 32.5 Å². The number of hydrogen-bond acceptors (Lipinski definition) is 2. The lowest BCUT2D eigenvalue weighted by molar-refractivity contribution is 0.0932. The smallest absolute Gasteiger partial charge is 0.254 e. The second-order valence-corrected chi connectivity index (χ2v) is 5.52. The standard InChI is InChI=1S/C16H23FN2O/c1-3-19-9-7-13(8-10-19)11-18-16(20)14-6-4-5-12(2)15(14)17/h4-6,13H,3,7-11H2,1-2H3,(H,18,20). The number of likely N-dealkylation sites (tertiary alicyclic amines) is 1. The van der Waals surface area contributed by atoms with Crippen LogP contribution in [-0.4, -0.2) is 37.0 Å². The zero-order valence-corrected chi connectivity index (χ0v) is 12.3. The van der Waals surface area contributed by atoms with E-state index >= 15 is 0 Å². The summed E-state index contributed by atoms with van der Waals surface area (Å²) in [7, 11) is 0. The van der Waals surface area contributed by atoms with Crippen molar-refractivity contribution in [2.45, 2.75) is 26.7 Å². The Labute approximate surface area is 120 Å². The predicted octanol–water partition coefficient (Wildman–Crippen LogP) is 2.60. The van der Waals surface area contributed by atoms with Gasteiger partial charge in [0.25, 0.3) is 5.91 Å². The molecule has 3 nitrogen and oxygen atoms in total. The maximum atomic E-state index is 13.8. The molecule has 1 aliphatic rings. The molecule has 1 saturated heterocycles. The van der Waals surface area contributed by atoms with E-state index in [9.17, 15) is 9.18 Å².